The van der Waals surface area contributed by atoms with Crippen molar-refractivity contribution in [2.75, 3.05) is 5.32 Å². The van der Waals surface area contributed by atoms with Gasteiger partial charge in [-0.1, -0.05) is 41.4 Å². The van der Waals surface area contributed by atoms with Crippen molar-refractivity contribution < 1.29 is 4.79 Å². The van der Waals surface area contributed by atoms with Crippen molar-refractivity contribution in [2.24, 2.45) is 0 Å². The Hall–Kier alpha value is -1.51. The normalized spacial score (nSPS) is 10.2. The molecule has 0 heterocycles. The second kappa shape index (κ2) is 5.42. The molecular weight excluding hydrogens is 269 g/mol. The molecule has 0 spiro atoms. The van der Waals surface area contributed by atoms with Crippen LogP contribution in [0.5, 0.6) is 0 Å². The van der Waals surface area contributed by atoms with Gasteiger partial charge in [-0.2, -0.15) is 0 Å². The number of anilines is 1. The lowest BCUT2D eigenvalue weighted by Crippen LogP contribution is -2.12. The van der Waals surface area contributed by atoms with Gasteiger partial charge in [-0.05, 0) is 36.8 Å². The molecule has 0 aliphatic rings. The smallest absolute Gasteiger partial charge is 0.255 e. The Labute approximate surface area is 116 Å². The molecule has 1 N–H and O–H groups in total. The van der Waals surface area contributed by atoms with Crippen molar-refractivity contribution in [3.05, 3.63) is 63.6 Å². The molecule has 2 aromatic carbocycles. The largest absolute Gasteiger partial charge is 0.321 e. The van der Waals surface area contributed by atoms with Crippen molar-refractivity contribution in [3.8, 4) is 0 Å². The predicted molar refractivity (Wildman–Crippen MR) is 75.6 cm³/mol. The summed E-state index contributed by atoms with van der Waals surface area (Å²) in [5.74, 6) is -0.211. The summed E-state index contributed by atoms with van der Waals surface area (Å²) in [6, 6.07) is 12.3. The monoisotopic (exact) mass is 279 g/mol. The second-order valence-electron chi connectivity index (χ2n) is 3.90. The topological polar surface area (TPSA) is 29.1 Å². The van der Waals surface area contributed by atoms with Crippen LogP contribution in [-0.4, -0.2) is 5.91 Å². The Morgan fingerprint density at radius 1 is 1.06 bits per heavy atom. The first kappa shape index (κ1) is 12.9. The van der Waals surface area contributed by atoms with Gasteiger partial charge < -0.3 is 5.32 Å². The third-order valence-electron chi connectivity index (χ3n) is 2.53. The number of halogens is 2. The maximum atomic E-state index is 11.9. The van der Waals surface area contributed by atoms with E-state index in [4.69, 9.17) is 23.2 Å². The van der Waals surface area contributed by atoms with Crippen LogP contribution in [-0.2, 0) is 0 Å². The van der Waals surface area contributed by atoms with E-state index in [-0.39, 0.29) is 5.91 Å². The van der Waals surface area contributed by atoms with Gasteiger partial charge in [-0.15, -0.1) is 0 Å². The molecule has 18 heavy (non-hydrogen) atoms. The third kappa shape index (κ3) is 2.84. The van der Waals surface area contributed by atoms with Gasteiger partial charge >= 0.3 is 0 Å². The number of aryl methyl sites for hydroxylation is 1. The van der Waals surface area contributed by atoms with Crippen LogP contribution >= 0.6 is 23.2 Å². The lowest BCUT2D eigenvalue weighted by atomic mass is 10.2. The molecule has 0 unspecified atom stereocenters. The fourth-order valence-electron chi connectivity index (χ4n) is 1.53. The lowest BCUT2D eigenvalue weighted by molar-refractivity contribution is 0.102. The van der Waals surface area contributed by atoms with Gasteiger partial charge in [0.25, 0.3) is 5.91 Å². The fourth-order valence-corrected chi connectivity index (χ4v) is 1.96. The summed E-state index contributed by atoms with van der Waals surface area (Å²) in [5.41, 5.74) is 1.96. The highest BCUT2D eigenvalue weighted by molar-refractivity contribution is 6.36. The highest BCUT2D eigenvalue weighted by Crippen LogP contribution is 2.29. The van der Waals surface area contributed by atoms with Gasteiger partial charge in [0, 0.05) is 10.6 Å². The molecule has 0 radical (unpaired) electrons. The van der Waals surface area contributed by atoms with Crippen molar-refractivity contribution >= 4 is 34.8 Å². The van der Waals surface area contributed by atoms with E-state index in [1.807, 2.05) is 13.0 Å². The molecule has 0 aliphatic heterocycles. The molecule has 2 aromatic rings. The molecule has 0 bridgehead atoms. The average Bonchev–Trinajstić information content (AvgIpc) is 2.37. The molecule has 0 fully saturated rings. The zero-order valence-corrected chi connectivity index (χ0v) is 11.2. The van der Waals surface area contributed by atoms with Crippen LogP contribution in [0.25, 0.3) is 0 Å². The first-order valence-electron chi connectivity index (χ1n) is 5.40. The second-order valence-corrected chi connectivity index (χ2v) is 4.72. The van der Waals surface area contributed by atoms with E-state index in [9.17, 15) is 4.79 Å². The molecule has 92 valence electrons. The molecule has 0 aliphatic carbocycles. The average molecular weight is 280 g/mol. The fraction of sp³-hybridized carbons (Fsp3) is 0.0714. The van der Waals surface area contributed by atoms with Crippen molar-refractivity contribution in [2.45, 2.75) is 6.92 Å². The van der Waals surface area contributed by atoms with Crippen LogP contribution in [0.15, 0.2) is 42.5 Å². The summed E-state index contributed by atoms with van der Waals surface area (Å²) in [5, 5.41) is 3.78. The van der Waals surface area contributed by atoms with E-state index in [0.717, 1.165) is 5.56 Å². The van der Waals surface area contributed by atoms with Crippen LogP contribution < -0.4 is 5.32 Å². The first-order valence-corrected chi connectivity index (χ1v) is 6.15. The van der Waals surface area contributed by atoms with Crippen LogP contribution in [0.4, 0.5) is 5.69 Å². The Morgan fingerprint density at radius 3 is 2.39 bits per heavy atom. The summed E-state index contributed by atoms with van der Waals surface area (Å²) >= 11 is 12.1. The lowest BCUT2D eigenvalue weighted by Gasteiger charge is -2.09. The molecular formula is C14H11Cl2NO. The van der Waals surface area contributed by atoms with E-state index >= 15 is 0 Å². The maximum Gasteiger partial charge on any atom is 0.255 e. The number of carbonyl (C=O) groups is 1. The van der Waals surface area contributed by atoms with Gasteiger partial charge in [-0.3, -0.25) is 4.79 Å². The highest BCUT2D eigenvalue weighted by atomic mass is 35.5. The number of carbonyl (C=O) groups excluding carboxylic acids is 1. The van der Waals surface area contributed by atoms with Crippen molar-refractivity contribution in [1.29, 1.82) is 0 Å². The molecule has 1 amide bonds. The summed E-state index contributed by atoms with van der Waals surface area (Å²) in [6.45, 7) is 1.86. The van der Waals surface area contributed by atoms with E-state index in [2.05, 4.69) is 5.32 Å². The van der Waals surface area contributed by atoms with Gasteiger partial charge in [0.2, 0.25) is 0 Å². The minimum atomic E-state index is -0.211. The molecule has 2 rings (SSSR count). The maximum absolute atomic E-state index is 11.9. The summed E-state index contributed by atoms with van der Waals surface area (Å²) in [4.78, 5) is 11.9. The van der Waals surface area contributed by atoms with Gasteiger partial charge in [0.05, 0.1) is 10.7 Å². The van der Waals surface area contributed by atoms with E-state index in [1.54, 1.807) is 36.4 Å². The van der Waals surface area contributed by atoms with Crippen LogP contribution in [0, 0.1) is 6.92 Å². The molecule has 2 nitrogen and oxygen atoms in total. The SMILES string of the molecule is Cc1cc(Cl)c(NC(=O)c2ccccc2)cc1Cl. The summed E-state index contributed by atoms with van der Waals surface area (Å²) in [7, 11) is 0. The highest BCUT2D eigenvalue weighted by Gasteiger charge is 2.09. The van der Waals surface area contributed by atoms with Crippen LogP contribution in [0.2, 0.25) is 10.0 Å². The Morgan fingerprint density at radius 2 is 1.72 bits per heavy atom. The van der Waals surface area contributed by atoms with Crippen molar-refractivity contribution in [1.82, 2.24) is 0 Å². The Kier molecular flexibility index (Phi) is 3.90. The van der Waals surface area contributed by atoms with E-state index in [1.165, 1.54) is 0 Å². The predicted octanol–water partition coefficient (Wildman–Crippen LogP) is 4.55. The molecule has 0 atom stereocenters. The molecule has 4 heteroatoms. The van der Waals surface area contributed by atoms with E-state index < -0.39 is 0 Å². The molecule has 0 aromatic heterocycles. The number of benzene rings is 2. The van der Waals surface area contributed by atoms with E-state index in [0.29, 0.717) is 21.3 Å². The number of amides is 1. The first-order chi connectivity index (χ1) is 8.58. The third-order valence-corrected chi connectivity index (χ3v) is 3.25. The molecule has 0 saturated carbocycles. The summed E-state index contributed by atoms with van der Waals surface area (Å²) in [6.07, 6.45) is 0. The Bertz CT molecular complexity index is 582. The number of hydrogen-bond acceptors (Lipinski definition) is 1. The van der Waals surface area contributed by atoms with Crippen LogP contribution in [0.3, 0.4) is 0 Å². The van der Waals surface area contributed by atoms with Crippen LogP contribution in [0.1, 0.15) is 15.9 Å². The standard InChI is InChI=1S/C14H11Cl2NO/c1-9-7-12(16)13(8-11(9)15)17-14(18)10-5-3-2-4-6-10/h2-8H,1H3,(H,17,18). The number of nitrogens with one attached hydrogen (secondary N) is 1. The minimum absolute atomic E-state index is 0.211. The quantitative estimate of drug-likeness (QED) is 0.858. The number of hydrogen-bond donors (Lipinski definition) is 1. The van der Waals surface area contributed by atoms with Gasteiger partial charge in [0.15, 0.2) is 0 Å². The minimum Gasteiger partial charge on any atom is -0.321 e. The zero-order valence-electron chi connectivity index (χ0n) is 9.71. The van der Waals surface area contributed by atoms with Gasteiger partial charge in [0.1, 0.15) is 0 Å². The summed E-state index contributed by atoms with van der Waals surface area (Å²) < 4.78 is 0. The van der Waals surface area contributed by atoms with Gasteiger partial charge in [-0.25, -0.2) is 0 Å². The van der Waals surface area contributed by atoms with Crippen molar-refractivity contribution in [3.63, 3.8) is 0 Å². The molecule has 0 saturated heterocycles. The zero-order chi connectivity index (χ0) is 13.1. The number of rotatable bonds is 2. The Balaban J connectivity index is 2.25.